The lowest BCUT2D eigenvalue weighted by atomic mass is 10.1. The fraction of sp³-hybridized carbons (Fsp3) is 0.250. The molecule has 0 atom stereocenters. The van der Waals surface area contributed by atoms with Crippen LogP contribution in [0.3, 0.4) is 0 Å². The first-order valence-electron chi connectivity index (χ1n) is 6.83. The van der Waals surface area contributed by atoms with Crippen molar-refractivity contribution in [3.63, 3.8) is 0 Å². The molecule has 5 nitrogen and oxygen atoms in total. The average Bonchev–Trinajstić information content (AvgIpc) is 3.13. The first-order valence-corrected chi connectivity index (χ1v) is 6.83. The first-order chi connectivity index (χ1) is 10.3. The number of methoxy groups -OCH3 is 1. The fourth-order valence-electron chi connectivity index (χ4n) is 2.55. The Morgan fingerprint density at radius 1 is 1.43 bits per heavy atom. The molecule has 5 heteroatoms. The lowest BCUT2D eigenvalue weighted by Crippen LogP contribution is -1.94. The third-order valence-corrected chi connectivity index (χ3v) is 3.55. The SMILES string of the molecule is COc1ccc2c(c1)c(Cc1ncc[nH]1)cn2CCC#N. The maximum Gasteiger partial charge on any atom is 0.119 e. The summed E-state index contributed by atoms with van der Waals surface area (Å²) in [5, 5.41) is 9.94. The number of imidazole rings is 1. The van der Waals surface area contributed by atoms with Gasteiger partial charge < -0.3 is 14.3 Å². The number of H-pyrrole nitrogens is 1. The summed E-state index contributed by atoms with van der Waals surface area (Å²) in [6, 6.07) is 8.22. The summed E-state index contributed by atoms with van der Waals surface area (Å²) in [7, 11) is 1.67. The second-order valence-corrected chi connectivity index (χ2v) is 4.85. The molecule has 3 aromatic rings. The molecule has 0 aliphatic rings. The van der Waals surface area contributed by atoms with E-state index in [4.69, 9.17) is 10.00 Å². The number of nitrogens with one attached hydrogen (secondary N) is 1. The van der Waals surface area contributed by atoms with Crippen molar-refractivity contribution >= 4 is 10.9 Å². The molecule has 3 rings (SSSR count). The quantitative estimate of drug-likeness (QED) is 0.781. The van der Waals surface area contributed by atoms with Gasteiger partial charge in [0.1, 0.15) is 11.6 Å². The second kappa shape index (κ2) is 5.71. The molecule has 0 aliphatic heterocycles. The summed E-state index contributed by atoms with van der Waals surface area (Å²) in [5.41, 5.74) is 2.30. The summed E-state index contributed by atoms with van der Waals surface area (Å²) in [5.74, 6) is 1.76. The van der Waals surface area contributed by atoms with Crippen LogP contribution in [0.2, 0.25) is 0 Å². The van der Waals surface area contributed by atoms with Crippen LogP contribution in [0.25, 0.3) is 10.9 Å². The van der Waals surface area contributed by atoms with Crippen molar-refractivity contribution in [2.75, 3.05) is 7.11 Å². The van der Waals surface area contributed by atoms with Gasteiger partial charge >= 0.3 is 0 Å². The third kappa shape index (κ3) is 2.61. The van der Waals surface area contributed by atoms with Crippen LogP contribution < -0.4 is 4.74 Å². The van der Waals surface area contributed by atoms with E-state index in [0.29, 0.717) is 13.0 Å². The molecular formula is C16H16N4O. The van der Waals surface area contributed by atoms with Crippen LogP contribution in [0.1, 0.15) is 17.8 Å². The first kappa shape index (κ1) is 13.3. The summed E-state index contributed by atoms with van der Waals surface area (Å²) in [6.45, 7) is 0.692. The van der Waals surface area contributed by atoms with Gasteiger partial charge in [-0.05, 0) is 23.8 Å². The zero-order chi connectivity index (χ0) is 14.7. The van der Waals surface area contributed by atoms with Gasteiger partial charge in [0.2, 0.25) is 0 Å². The topological polar surface area (TPSA) is 66.6 Å². The van der Waals surface area contributed by atoms with E-state index in [1.54, 1.807) is 13.3 Å². The lowest BCUT2D eigenvalue weighted by molar-refractivity contribution is 0.415. The largest absolute Gasteiger partial charge is 0.497 e. The van der Waals surface area contributed by atoms with Crippen LogP contribution in [0, 0.1) is 11.3 Å². The Kier molecular flexibility index (Phi) is 3.61. The number of nitrogens with zero attached hydrogens (tertiary/aromatic N) is 3. The zero-order valence-electron chi connectivity index (χ0n) is 11.8. The van der Waals surface area contributed by atoms with Gasteiger partial charge in [0.15, 0.2) is 0 Å². The predicted octanol–water partition coefficient (Wildman–Crippen LogP) is 2.88. The predicted molar refractivity (Wildman–Crippen MR) is 80.1 cm³/mol. The maximum atomic E-state index is 8.80. The van der Waals surface area contributed by atoms with E-state index in [1.807, 2.05) is 24.4 Å². The Balaban J connectivity index is 2.06. The van der Waals surface area contributed by atoms with Gasteiger partial charge in [0, 0.05) is 42.5 Å². The van der Waals surface area contributed by atoms with Crippen LogP contribution >= 0.6 is 0 Å². The normalized spacial score (nSPS) is 10.7. The highest BCUT2D eigenvalue weighted by Gasteiger charge is 2.11. The Bertz CT molecular complexity index is 781. The minimum absolute atomic E-state index is 0.496. The van der Waals surface area contributed by atoms with Crippen molar-refractivity contribution in [2.24, 2.45) is 0 Å². The monoisotopic (exact) mass is 280 g/mol. The molecule has 0 radical (unpaired) electrons. The van der Waals surface area contributed by atoms with Crippen molar-refractivity contribution < 1.29 is 4.74 Å². The molecule has 0 aliphatic carbocycles. The van der Waals surface area contributed by atoms with Crippen molar-refractivity contribution in [1.29, 1.82) is 5.26 Å². The van der Waals surface area contributed by atoms with Crippen LogP contribution in [-0.2, 0) is 13.0 Å². The molecule has 106 valence electrons. The number of ether oxygens (including phenoxy) is 1. The number of rotatable bonds is 5. The highest BCUT2D eigenvalue weighted by atomic mass is 16.5. The molecule has 0 unspecified atom stereocenters. The fourth-order valence-corrected chi connectivity index (χ4v) is 2.55. The molecule has 1 N–H and O–H groups in total. The number of benzene rings is 1. The Morgan fingerprint density at radius 2 is 2.33 bits per heavy atom. The van der Waals surface area contributed by atoms with Crippen molar-refractivity contribution in [1.82, 2.24) is 14.5 Å². The van der Waals surface area contributed by atoms with Gasteiger partial charge in [0.05, 0.1) is 19.6 Å². The smallest absolute Gasteiger partial charge is 0.119 e. The van der Waals surface area contributed by atoms with Crippen molar-refractivity contribution in [2.45, 2.75) is 19.4 Å². The Hall–Kier alpha value is -2.74. The standard InChI is InChI=1S/C16H16N4O/c1-21-13-3-4-15-14(10-13)12(9-16-18-6-7-19-16)11-20(15)8-2-5-17/h3-4,6-7,10-11H,2,8-9H2,1H3,(H,18,19). The Morgan fingerprint density at radius 3 is 3.05 bits per heavy atom. The maximum absolute atomic E-state index is 8.80. The number of aromatic nitrogens is 3. The van der Waals surface area contributed by atoms with E-state index < -0.39 is 0 Å². The highest BCUT2D eigenvalue weighted by molar-refractivity contribution is 5.85. The number of hydrogen-bond donors (Lipinski definition) is 1. The molecule has 21 heavy (non-hydrogen) atoms. The average molecular weight is 280 g/mol. The molecule has 2 aromatic heterocycles. The summed E-state index contributed by atoms with van der Waals surface area (Å²) >= 11 is 0. The van der Waals surface area contributed by atoms with E-state index >= 15 is 0 Å². The molecule has 0 fully saturated rings. The Labute approximate surface area is 122 Å². The van der Waals surface area contributed by atoms with Crippen molar-refractivity contribution in [3.8, 4) is 11.8 Å². The van der Waals surface area contributed by atoms with E-state index in [0.717, 1.165) is 28.9 Å². The number of fused-ring (bicyclic) bond motifs is 1. The number of aryl methyl sites for hydroxylation is 1. The summed E-state index contributed by atoms with van der Waals surface area (Å²) in [4.78, 5) is 7.41. The van der Waals surface area contributed by atoms with E-state index in [-0.39, 0.29) is 0 Å². The molecule has 0 spiro atoms. The van der Waals surface area contributed by atoms with Crippen LogP contribution in [0.5, 0.6) is 5.75 Å². The molecule has 1 aromatic carbocycles. The van der Waals surface area contributed by atoms with Gasteiger partial charge in [0.25, 0.3) is 0 Å². The highest BCUT2D eigenvalue weighted by Crippen LogP contribution is 2.27. The minimum Gasteiger partial charge on any atom is -0.497 e. The number of nitriles is 1. The van der Waals surface area contributed by atoms with Crippen LogP contribution in [-0.4, -0.2) is 21.6 Å². The molecular weight excluding hydrogens is 264 g/mol. The van der Waals surface area contributed by atoms with Gasteiger partial charge in [-0.15, -0.1) is 0 Å². The van der Waals surface area contributed by atoms with Gasteiger partial charge in [-0.25, -0.2) is 4.98 Å². The number of hydrogen-bond acceptors (Lipinski definition) is 3. The summed E-state index contributed by atoms with van der Waals surface area (Å²) < 4.78 is 7.44. The van der Waals surface area contributed by atoms with Gasteiger partial charge in [-0.1, -0.05) is 0 Å². The van der Waals surface area contributed by atoms with Gasteiger partial charge in [-0.3, -0.25) is 0 Å². The molecule has 0 bridgehead atoms. The van der Waals surface area contributed by atoms with Crippen molar-refractivity contribution in [3.05, 3.63) is 48.2 Å². The third-order valence-electron chi connectivity index (χ3n) is 3.55. The minimum atomic E-state index is 0.496. The molecule has 2 heterocycles. The van der Waals surface area contributed by atoms with Crippen LogP contribution in [0.4, 0.5) is 0 Å². The zero-order valence-corrected chi connectivity index (χ0v) is 11.8. The van der Waals surface area contributed by atoms with Crippen LogP contribution in [0.15, 0.2) is 36.8 Å². The molecule has 0 saturated carbocycles. The van der Waals surface area contributed by atoms with E-state index in [1.165, 1.54) is 5.56 Å². The summed E-state index contributed by atoms with van der Waals surface area (Å²) in [6.07, 6.45) is 6.91. The molecule has 0 amide bonds. The number of aromatic amines is 1. The second-order valence-electron chi connectivity index (χ2n) is 4.85. The van der Waals surface area contributed by atoms with E-state index in [2.05, 4.69) is 26.8 Å². The molecule has 0 saturated heterocycles. The lowest BCUT2D eigenvalue weighted by Gasteiger charge is -2.03. The van der Waals surface area contributed by atoms with Gasteiger partial charge in [-0.2, -0.15) is 5.26 Å². The van der Waals surface area contributed by atoms with E-state index in [9.17, 15) is 0 Å².